The molecule has 1 aliphatic heterocycles. The zero-order valence-electron chi connectivity index (χ0n) is 25.8. The van der Waals surface area contributed by atoms with Crippen molar-refractivity contribution in [2.45, 2.75) is 58.7 Å². The molecule has 17 heteroatoms. The lowest BCUT2D eigenvalue weighted by atomic mass is 9.92. The Bertz CT molecular complexity index is 1800. The summed E-state index contributed by atoms with van der Waals surface area (Å²) < 4.78 is 63.7. The lowest BCUT2D eigenvalue weighted by Gasteiger charge is -2.35. The molecule has 0 radical (unpaired) electrons. The number of carbonyl (C=O) groups excluding carboxylic acids is 2. The first-order chi connectivity index (χ1) is 22.1. The molecule has 2 bridgehead atoms. The lowest BCUT2D eigenvalue weighted by molar-refractivity contribution is -0.150. The number of amides is 2. The van der Waals surface area contributed by atoms with Crippen molar-refractivity contribution in [2.75, 3.05) is 13.2 Å². The van der Waals surface area contributed by atoms with E-state index in [9.17, 15) is 22.8 Å². The maximum atomic E-state index is 16.2. The maximum absolute atomic E-state index is 16.2. The third-order valence-corrected chi connectivity index (χ3v) is 7.69. The van der Waals surface area contributed by atoms with E-state index in [4.69, 9.17) is 16.3 Å². The van der Waals surface area contributed by atoms with Crippen molar-refractivity contribution in [3.8, 4) is 5.69 Å². The summed E-state index contributed by atoms with van der Waals surface area (Å²) >= 11 is 6.49. The largest absolute Gasteiger partial charge is 0.447 e. The summed E-state index contributed by atoms with van der Waals surface area (Å²) in [4.78, 5) is 36.9. The van der Waals surface area contributed by atoms with Gasteiger partial charge in [-0.1, -0.05) is 38.4 Å². The minimum absolute atomic E-state index is 0.147. The van der Waals surface area contributed by atoms with Gasteiger partial charge in [0.25, 0.3) is 5.91 Å². The van der Waals surface area contributed by atoms with Crippen LogP contribution in [0.3, 0.4) is 0 Å². The van der Waals surface area contributed by atoms with Gasteiger partial charge in [0.15, 0.2) is 5.82 Å². The highest BCUT2D eigenvalue weighted by atomic mass is 35.5. The SMILES string of the molecule is C[C@H](NC(=O)OC[C@@H]1c2ccc(Cl)c(c2)-n2ncnc2C(F)NC(=NCCC(C)(C)C)N1C(=O)c1ccn2nccc2c1)C(F)(F)F. The minimum Gasteiger partial charge on any atom is -0.447 e. The zero-order valence-corrected chi connectivity index (χ0v) is 26.6. The van der Waals surface area contributed by atoms with Gasteiger partial charge in [0.1, 0.15) is 19.0 Å². The summed E-state index contributed by atoms with van der Waals surface area (Å²) in [5.74, 6) is -1.10. The number of nitrogens with zero attached hydrogens (tertiary/aromatic N) is 7. The van der Waals surface area contributed by atoms with E-state index >= 15 is 4.39 Å². The number of fused-ring (bicyclic) bond motifs is 5. The van der Waals surface area contributed by atoms with Gasteiger partial charge in [-0.15, -0.1) is 0 Å². The second-order valence-corrected chi connectivity index (χ2v) is 12.5. The predicted octanol–water partition coefficient (Wildman–Crippen LogP) is 5.79. The van der Waals surface area contributed by atoms with Crippen LogP contribution in [0.25, 0.3) is 11.2 Å². The summed E-state index contributed by atoms with van der Waals surface area (Å²) in [5.41, 5.74) is 1.06. The highest BCUT2D eigenvalue weighted by molar-refractivity contribution is 6.32. The standard InChI is InChI=1S/C30H32ClF4N9O3/c1-17(30(33,34)35)40-28(46)47-15-23-18-5-6-21(31)22(14-18)44-25(37-16-39-44)24(32)41-27(36-11-9-29(2,3)4)43(23)26(45)19-8-12-42-20(13-19)7-10-38-42/h5-8,10,12-14,16-17,23-24H,9,11,15H2,1-4H3,(H,36,41)(H,40,46)/t17-,23+,24?/m0/s1. The molecule has 250 valence electrons. The molecule has 0 fully saturated rings. The fourth-order valence-electron chi connectivity index (χ4n) is 4.73. The van der Waals surface area contributed by atoms with Crippen molar-refractivity contribution < 1.29 is 31.9 Å². The number of hydrogen-bond donors (Lipinski definition) is 2. The Morgan fingerprint density at radius 1 is 1.15 bits per heavy atom. The number of nitrogens with one attached hydrogen (secondary N) is 2. The zero-order chi connectivity index (χ0) is 34.1. The fourth-order valence-corrected chi connectivity index (χ4v) is 4.93. The Balaban J connectivity index is 1.66. The Hall–Kier alpha value is -4.73. The Morgan fingerprint density at radius 2 is 1.91 bits per heavy atom. The van der Waals surface area contributed by atoms with Gasteiger partial charge in [0.2, 0.25) is 12.3 Å². The molecule has 5 rings (SSSR count). The molecule has 1 aromatic carbocycles. The summed E-state index contributed by atoms with van der Waals surface area (Å²) in [5, 5.41) is 12.8. The van der Waals surface area contributed by atoms with Crippen LogP contribution in [0, 0.1) is 5.41 Å². The number of benzene rings is 1. The van der Waals surface area contributed by atoms with Crippen LogP contribution in [0.5, 0.6) is 0 Å². The second-order valence-electron chi connectivity index (χ2n) is 12.1. The topological polar surface area (TPSA) is 131 Å². The average molecular weight is 678 g/mol. The molecule has 0 aliphatic carbocycles. The number of hydrogen-bond acceptors (Lipinski definition) is 7. The predicted molar refractivity (Wildman–Crippen MR) is 164 cm³/mol. The van der Waals surface area contributed by atoms with Gasteiger partial charge < -0.3 is 15.4 Å². The molecule has 0 spiro atoms. The molecule has 0 saturated heterocycles. The molecule has 2 N–H and O–H groups in total. The molecule has 4 heterocycles. The van der Waals surface area contributed by atoms with Crippen molar-refractivity contribution >= 4 is 35.1 Å². The van der Waals surface area contributed by atoms with Crippen LogP contribution < -0.4 is 10.6 Å². The van der Waals surface area contributed by atoms with Gasteiger partial charge in [0, 0.05) is 24.5 Å². The Labute approximate surface area is 271 Å². The number of halogens is 5. The molecule has 2 amide bonds. The van der Waals surface area contributed by atoms with E-state index in [1.54, 1.807) is 40.4 Å². The third kappa shape index (κ3) is 7.64. The molecule has 3 aromatic heterocycles. The highest BCUT2D eigenvalue weighted by Gasteiger charge is 2.39. The monoisotopic (exact) mass is 677 g/mol. The summed E-state index contributed by atoms with van der Waals surface area (Å²) in [6, 6.07) is 5.83. The van der Waals surface area contributed by atoms with Crippen LogP contribution in [-0.2, 0) is 4.74 Å². The van der Waals surface area contributed by atoms with Gasteiger partial charge in [-0.25, -0.2) is 23.4 Å². The first-order valence-electron chi connectivity index (χ1n) is 14.5. The molecular weight excluding hydrogens is 646 g/mol. The number of ether oxygens (including phenoxy) is 1. The highest BCUT2D eigenvalue weighted by Crippen LogP contribution is 2.33. The summed E-state index contributed by atoms with van der Waals surface area (Å²) in [6.07, 6.45) is -3.38. The van der Waals surface area contributed by atoms with Gasteiger partial charge in [-0.05, 0) is 54.7 Å². The molecule has 1 aliphatic rings. The fraction of sp³-hybridized carbons (Fsp3) is 0.400. The number of alkyl carbamates (subject to hydrolysis) is 1. The van der Waals surface area contributed by atoms with Crippen molar-refractivity contribution in [3.05, 3.63) is 77.1 Å². The van der Waals surface area contributed by atoms with E-state index in [0.717, 1.165) is 18.2 Å². The van der Waals surface area contributed by atoms with Gasteiger partial charge in [-0.3, -0.25) is 14.7 Å². The number of guanidine groups is 1. The van der Waals surface area contributed by atoms with Crippen LogP contribution in [0.4, 0.5) is 22.4 Å². The number of carbonyl (C=O) groups is 2. The van der Waals surface area contributed by atoms with Crippen molar-refractivity contribution in [1.82, 2.24) is 39.9 Å². The normalized spacial score (nSPS) is 18.4. The molecule has 47 heavy (non-hydrogen) atoms. The molecule has 4 aromatic rings. The molecular formula is C30H32ClF4N9O3. The van der Waals surface area contributed by atoms with E-state index in [1.165, 1.54) is 22.9 Å². The van der Waals surface area contributed by atoms with E-state index in [0.29, 0.717) is 17.5 Å². The second kappa shape index (κ2) is 13.2. The van der Waals surface area contributed by atoms with E-state index in [2.05, 4.69) is 25.5 Å². The molecule has 0 saturated carbocycles. The summed E-state index contributed by atoms with van der Waals surface area (Å²) in [7, 11) is 0. The van der Waals surface area contributed by atoms with Crippen molar-refractivity contribution in [1.29, 1.82) is 0 Å². The number of pyridine rings is 1. The van der Waals surface area contributed by atoms with Crippen molar-refractivity contribution in [3.63, 3.8) is 0 Å². The first-order valence-corrected chi connectivity index (χ1v) is 14.9. The van der Waals surface area contributed by atoms with Crippen LogP contribution in [-0.4, -0.2) is 72.6 Å². The number of rotatable bonds is 6. The summed E-state index contributed by atoms with van der Waals surface area (Å²) in [6.45, 7) is 6.23. The van der Waals surface area contributed by atoms with Gasteiger partial charge >= 0.3 is 12.3 Å². The van der Waals surface area contributed by atoms with E-state index in [-0.39, 0.29) is 40.0 Å². The van der Waals surface area contributed by atoms with Crippen LogP contribution in [0.2, 0.25) is 5.02 Å². The number of aromatic nitrogens is 5. The van der Waals surface area contributed by atoms with Crippen LogP contribution >= 0.6 is 11.6 Å². The molecule has 1 unspecified atom stereocenters. The minimum atomic E-state index is -4.72. The van der Waals surface area contributed by atoms with E-state index in [1.807, 2.05) is 20.8 Å². The number of alkyl halides is 4. The Kier molecular flexibility index (Phi) is 9.43. The Morgan fingerprint density at radius 3 is 2.64 bits per heavy atom. The molecule has 12 nitrogen and oxygen atoms in total. The van der Waals surface area contributed by atoms with E-state index < -0.39 is 43.2 Å². The first kappa shape index (κ1) is 33.6. The van der Waals surface area contributed by atoms with Crippen molar-refractivity contribution in [2.24, 2.45) is 10.4 Å². The van der Waals surface area contributed by atoms with Crippen LogP contribution in [0.15, 0.2) is 60.1 Å². The van der Waals surface area contributed by atoms with Gasteiger partial charge in [0.05, 0.1) is 22.3 Å². The smallest absolute Gasteiger partial charge is 0.408 e. The number of aliphatic imine (C=N–C) groups is 1. The van der Waals surface area contributed by atoms with Gasteiger partial charge in [-0.2, -0.15) is 23.4 Å². The third-order valence-electron chi connectivity index (χ3n) is 7.37. The maximum Gasteiger partial charge on any atom is 0.408 e. The van der Waals surface area contributed by atoms with Crippen LogP contribution in [0.1, 0.15) is 68.2 Å². The quantitative estimate of drug-likeness (QED) is 0.195. The molecule has 3 atom stereocenters. The lowest BCUT2D eigenvalue weighted by Crippen LogP contribution is -2.50. The average Bonchev–Trinajstić information content (AvgIpc) is 3.67.